The fourth-order valence-corrected chi connectivity index (χ4v) is 5.12. The van der Waals surface area contributed by atoms with Gasteiger partial charge in [0.25, 0.3) is 5.91 Å². The molecule has 0 aromatic heterocycles. The molecule has 1 saturated heterocycles. The summed E-state index contributed by atoms with van der Waals surface area (Å²) in [5.41, 5.74) is -0.475. The standard InChI is InChI=1S/C22H24F3N3O4S/c1-2-10-27(14-19(29)26-18-9-8-17(23)20(24)21(18)25)22(30)15-6-5-7-16(13-15)33(31,32)28-11-3-4-12-28/h5-9,13H,2-4,10-12,14H2,1H3,(H,26,29). The fourth-order valence-electron chi connectivity index (χ4n) is 3.56. The molecular weight excluding hydrogens is 459 g/mol. The van der Waals surface area contributed by atoms with Gasteiger partial charge in [0.1, 0.15) is 6.54 Å². The minimum absolute atomic E-state index is 0.0139. The van der Waals surface area contributed by atoms with Gasteiger partial charge in [0.05, 0.1) is 10.6 Å². The molecule has 0 atom stereocenters. The summed E-state index contributed by atoms with van der Waals surface area (Å²) in [7, 11) is -3.73. The second kappa shape index (κ2) is 10.3. The van der Waals surface area contributed by atoms with Gasteiger partial charge in [-0.25, -0.2) is 21.6 Å². The molecule has 1 N–H and O–H groups in total. The molecule has 7 nitrogen and oxygen atoms in total. The summed E-state index contributed by atoms with van der Waals surface area (Å²) in [6.45, 7) is 2.29. The van der Waals surface area contributed by atoms with Crippen LogP contribution in [0.3, 0.4) is 0 Å². The first-order valence-corrected chi connectivity index (χ1v) is 11.9. The molecule has 0 aliphatic carbocycles. The van der Waals surface area contributed by atoms with Crippen LogP contribution in [0, 0.1) is 17.5 Å². The molecule has 2 aromatic carbocycles. The van der Waals surface area contributed by atoms with Crippen LogP contribution in [-0.2, 0) is 14.8 Å². The van der Waals surface area contributed by atoms with E-state index in [1.165, 1.54) is 33.5 Å². The summed E-state index contributed by atoms with van der Waals surface area (Å²) in [5, 5.41) is 2.13. The molecule has 0 spiro atoms. The molecule has 1 fully saturated rings. The van der Waals surface area contributed by atoms with E-state index >= 15 is 0 Å². The molecule has 178 valence electrons. The molecule has 1 aliphatic rings. The zero-order valence-electron chi connectivity index (χ0n) is 18.0. The van der Waals surface area contributed by atoms with E-state index in [0.29, 0.717) is 25.6 Å². The van der Waals surface area contributed by atoms with E-state index in [9.17, 15) is 31.2 Å². The number of nitrogens with zero attached hydrogens (tertiary/aromatic N) is 2. The maximum Gasteiger partial charge on any atom is 0.254 e. The Hall–Kier alpha value is -2.92. The van der Waals surface area contributed by atoms with Crippen LogP contribution in [0.25, 0.3) is 0 Å². The van der Waals surface area contributed by atoms with Crippen molar-refractivity contribution in [2.45, 2.75) is 31.1 Å². The molecule has 1 heterocycles. The Morgan fingerprint density at radius 3 is 2.42 bits per heavy atom. The predicted molar refractivity (Wildman–Crippen MR) is 116 cm³/mol. The number of sulfonamides is 1. The van der Waals surface area contributed by atoms with Crippen molar-refractivity contribution in [1.29, 1.82) is 0 Å². The molecule has 0 unspecified atom stereocenters. The van der Waals surface area contributed by atoms with Crippen molar-refractivity contribution in [1.82, 2.24) is 9.21 Å². The molecule has 2 amide bonds. The number of benzene rings is 2. The molecule has 3 rings (SSSR count). The Morgan fingerprint density at radius 2 is 1.76 bits per heavy atom. The topological polar surface area (TPSA) is 86.8 Å². The summed E-state index contributed by atoms with van der Waals surface area (Å²) in [6.07, 6.45) is 2.04. The molecular formula is C22H24F3N3O4S. The molecule has 2 aromatic rings. The van der Waals surface area contributed by atoms with E-state index in [2.05, 4.69) is 5.32 Å². The second-order valence-electron chi connectivity index (χ2n) is 7.64. The van der Waals surface area contributed by atoms with Crippen LogP contribution in [0.4, 0.5) is 18.9 Å². The molecule has 11 heteroatoms. The second-order valence-corrected chi connectivity index (χ2v) is 9.57. The van der Waals surface area contributed by atoms with Crippen LogP contribution < -0.4 is 5.32 Å². The normalized spacial score (nSPS) is 14.3. The van der Waals surface area contributed by atoms with Gasteiger partial charge in [-0.15, -0.1) is 0 Å². The summed E-state index contributed by atoms with van der Waals surface area (Å²) in [4.78, 5) is 26.6. The lowest BCUT2D eigenvalue weighted by molar-refractivity contribution is -0.116. The third-order valence-corrected chi connectivity index (χ3v) is 7.10. The third kappa shape index (κ3) is 5.53. The van der Waals surface area contributed by atoms with E-state index in [1.54, 1.807) is 6.92 Å². The molecule has 1 aliphatic heterocycles. The van der Waals surface area contributed by atoms with Crippen molar-refractivity contribution in [2.75, 3.05) is 31.5 Å². The molecule has 0 bridgehead atoms. The van der Waals surface area contributed by atoms with Gasteiger partial charge in [0.2, 0.25) is 15.9 Å². The SMILES string of the molecule is CCCN(CC(=O)Nc1ccc(F)c(F)c1F)C(=O)c1cccc(S(=O)(=O)N2CCCC2)c1. The van der Waals surface area contributed by atoms with Crippen LogP contribution in [-0.4, -0.2) is 55.6 Å². The lowest BCUT2D eigenvalue weighted by atomic mass is 10.2. The van der Waals surface area contributed by atoms with Crippen molar-refractivity contribution >= 4 is 27.5 Å². The van der Waals surface area contributed by atoms with Crippen LogP contribution in [0.1, 0.15) is 36.5 Å². The highest BCUT2D eigenvalue weighted by atomic mass is 32.2. The molecule has 33 heavy (non-hydrogen) atoms. The zero-order chi connectivity index (χ0) is 24.2. The van der Waals surface area contributed by atoms with Gasteiger partial charge in [-0.05, 0) is 49.6 Å². The van der Waals surface area contributed by atoms with E-state index in [-0.39, 0.29) is 17.0 Å². The van der Waals surface area contributed by atoms with E-state index in [1.807, 2.05) is 0 Å². The Kier molecular flexibility index (Phi) is 7.75. The van der Waals surface area contributed by atoms with Gasteiger partial charge >= 0.3 is 0 Å². The number of anilines is 1. The number of amides is 2. The van der Waals surface area contributed by atoms with Crippen molar-refractivity contribution in [3.05, 3.63) is 59.4 Å². The smallest absolute Gasteiger partial charge is 0.254 e. The lowest BCUT2D eigenvalue weighted by Gasteiger charge is -2.22. The predicted octanol–water partition coefficient (Wildman–Crippen LogP) is 3.38. The van der Waals surface area contributed by atoms with Gasteiger partial charge in [-0.1, -0.05) is 13.0 Å². The number of rotatable bonds is 8. The average Bonchev–Trinajstić information content (AvgIpc) is 3.35. The third-order valence-electron chi connectivity index (χ3n) is 5.21. The maximum atomic E-state index is 13.8. The lowest BCUT2D eigenvalue weighted by Crippen LogP contribution is -2.38. The monoisotopic (exact) mass is 483 g/mol. The first-order chi connectivity index (χ1) is 15.6. The summed E-state index contributed by atoms with van der Waals surface area (Å²) in [5.74, 6) is -6.06. The van der Waals surface area contributed by atoms with Gasteiger partial charge in [0, 0.05) is 25.2 Å². The number of hydrogen-bond acceptors (Lipinski definition) is 4. The van der Waals surface area contributed by atoms with Gasteiger partial charge in [0.15, 0.2) is 17.5 Å². The number of carbonyl (C=O) groups excluding carboxylic acids is 2. The quantitative estimate of drug-likeness (QED) is 0.584. The maximum absolute atomic E-state index is 13.8. The Bertz CT molecular complexity index is 1150. The number of carbonyl (C=O) groups is 2. The van der Waals surface area contributed by atoms with Gasteiger partial charge in [-0.2, -0.15) is 4.31 Å². The van der Waals surface area contributed by atoms with E-state index < -0.39 is 51.5 Å². The first kappa shape index (κ1) is 24.7. The van der Waals surface area contributed by atoms with Crippen molar-refractivity contribution in [3.8, 4) is 0 Å². The van der Waals surface area contributed by atoms with Gasteiger partial charge < -0.3 is 10.2 Å². The minimum Gasteiger partial charge on any atom is -0.329 e. The van der Waals surface area contributed by atoms with E-state index in [0.717, 1.165) is 18.9 Å². The zero-order valence-corrected chi connectivity index (χ0v) is 18.8. The summed E-state index contributed by atoms with van der Waals surface area (Å²) in [6, 6.07) is 7.14. The fraction of sp³-hybridized carbons (Fsp3) is 0.364. The highest BCUT2D eigenvalue weighted by Gasteiger charge is 2.28. The Balaban J connectivity index is 1.77. The molecule has 0 radical (unpaired) electrons. The minimum atomic E-state index is -3.73. The van der Waals surface area contributed by atoms with Crippen LogP contribution in [0.15, 0.2) is 41.3 Å². The summed E-state index contributed by atoms with van der Waals surface area (Å²) < 4.78 is 67.3. The van der Waals surface area contributed by atoms with Gasteiger partial charge in [-0.3, -0.25) is 9.59 Å². The highest BCUT2D eigenvalue weighted by molar-refractivity contribution is 7.89. The highest BCUT2D eigenvalue weighted by Crippen LogP contribution is 2.23. The largest absolute Gasteiger partial charge is 0.329 e. The van der Waals surface area contributed by atoms with Crippen molar-refractivity contribution < 1.29 is 31.2 Å². The number of nitrogens with one attached hydrogen (secondary N) is 1. The van der Waals surface area contributed by atoms with Crippen molar-refractivity contribution in [3.63, 3.8) is 0 Å². The Morgan fingerprint density at radius 1 is 1.06 bits per heavy atom. The van der Waals surface area contributed by atoms with Crippen LogP contribution in [0.2, 0.25) is 0 Å². The van der Waals surface area contributed by atoms with E-state index in [4.69, 9.17) is 0 Å². The molecule has 0 saturated carbocycles. The van der Waals surface area contributed by atoms with Crippen LogP contribution >= 0.6 is 0 Å². The first-order valence-electron chi connectivity index (χ1n) is 10.5. The Labute approximate surface area is 190 Å². The van der Waals surface area contributed by atoms with Crippen molar-refractivity contribution in [2.24, 2.45) is 0 Å². The number of hydrogen-bond donors (Lipinski definition) is 1. The summed E-state index contributed by atoms with van der Waals surface area (Å²) >= 11 is 0. The average molecular weight is 484 g/mol. The van der Waals surface area contributed by atoms with Crippen LogP contribution in [0.5, 0.6) is 0 Å². The number of halogens is 3.